The molecule has 8 heteroatoms. The quantitative estimate of drug-likeness (QED) is 0.805. The Morgan fingerprint density at radius 2 is 2.11 bits per heavy atom. The molecule has 1 aliphatic rings. The van der Waals surface area contributed by atoms with Crippen molar-refractivity contribution in [3.63, 3.8) is 0 Å². The van der Waals surface area contributed by atoms with Crippen LogP contribution >= 0.6 is 0 Å². The zero-order valence-electron chi connectivity index (χ0n) is 15.9. The summed E-state index contributed by atoms with van der Waals surface area (Å²) in [4.78, 5) is 23.3. The molecule has 0 saturated carbocycles. The molecule has 2 heterocycles. The van der Waals surface area contributed by atoms with Crippen molar-refractivity contribution < 1.29 is 14.3 Å². The lowest BCUT2D eigenvalue weighted by atomic mass is 10.1. The van der Waals surface area contributed by atoms with Gasteiger partial charge in [0.1, 0.15) is 11.6 Å². The summed E-state index contributed by atoms with van der Waals surface area (Å²) in [5, 5.41) is 6.24. The lowest BCUT2D eigenvalue weighted by Gasteiger charge is -2.27. The molecule has 0 atom stereocenters. The van der Waals surface area contributed by atoms with Crippen molar-refractivity contribution in [2.45, 2.75) is 13.3 Å². The van der Waals surface area contributed by atoms with E-state index in [2.05, 4.69) is 27.5 Å². The van der Waals surface area contributed by atoms with Gasteiger partial charge in [0, 0.05) is 37.5 Å². The predicted molar refractivity (Wildman–Crippen MR) is 104 cm³/mol. The van der Waals surface area contributed by atoms with Gasteiger partial charge in [0.25, 0.3) is 5.91 Å². The first-order valence-corrected chi connectivity index (χ1v) is 9.02. The molecule has 2 N–H and O–H groups in total. The van der Waals surface area contributed by atoms with Crippen LogP contribution in [-0.4, -0.2) is 61.2 Å². The van der Waals surface area contributed by atoms with E-state index in [9.17, 15) is 4.79 Å². The van der Waals surface area contributed by atoms with Crippen LogP contribution in [0.25, 0.3) is 0 Å². The molecule has 1 aromatic carbocycles. The normalized spacial score (nSPS) is 14.0. The van der Waals surface area contributed by atoms with Crippen LogP contribution < -0.4 is 15.4 Å². The number of aryl methyl sites for hydroxylation is 1. The molecule has 1 saturated heterocycles. The first kappa shape index (κ1) is 18.9. The molecule has 0 aliphatic carbocycles. The van der Waals surface area contributed by atoms with Crippen LogP contribution in [0.4, 0.5) is 17.5 Å². The molecule has 1 aromatic heterocycles. The van der Waals surface area contributed by atoms with Crippen molar-refractivity contribution in [3.05, 3.63) is 35.5 Å². The Labute approximate surface area is 158 Å². The summed E-state index contributed by atoms with van der Waals surface area (Å²) in [5.74, 6) is 1.78. The van der Waals surface area contributed by atoms with Gasteiger partial charge in [-0.2, -0.15) is 4.98 Å². The Morgan fingerprint density at radius 1 is 1.33 bits per heavy atom. The van der Waals surface area contributed by atoms with E-state index in [1.165, 1.54) is 0 Å². The molecule has 27 heavy (non-hydrogen) atoms. The summed E-state index contributed by atoms with van der Waals surface area (Å²) in [7, 11) is 3.40. The number of ether oxygens (including phenoxy) is 2. The number of anilines is 3. The second-order valence-electron chi connectivity index (χ2n) is 6.12. The lowest BCUT2D eigenvalue weighted by Crippen LogP contribution is -2.40. The fourth-order valence-corrected chi connectivity index (χ4v) is 2.94. The molecule has 0 unspecified atom stereocenters. The standard InChI is InChI=1S/C19H25N5O3/c1-4-13-12-21-19(23-17(13)20-2)22-15-6-5-14(11-16(15)26-3)18(25)24-7-9-27-10-8-24/h5-6,11-12H,4,7-10H2,1-3H3,(H2,20,21,22,23). The van der Waals surface area contributed by atoms with E-state index in [1.54, 1.807) is 30.3 Å². The smallest absolute Gasteiger partial charge is 0.254 e. The van der Waals surface area contributed by atoms with E-state index in [1.807, 2.05) is 13.1 Å². The summed E-state index contributed by atoms with van der Waals surface area (Å²) < 4.78 is 10.8. The Kier molecular flexibility index (Phi) is 6.08. The van der Waals surface area contributed by atoms with E-state index in [0.717, 1.165) is 17.8 Å². The monoisotopic (exact) mass is 371 g/mol. The number of aromatic nitrogens is 2. The van der Waals surface area contributed by atoms with Crippen LogP contribution in [0.15, 0.2) is 24.4 Å². The largest absolute Gasteiger partial charge is 0.495 e. The van der Waals surface area contributed by atoms with Crippen LogP contribution in [0.5, 0.6) is 5.75 Å². The number of carbonyl (C=O) groups excluding carboxylic acids is 1. The molecule has 144 valence electrons. The minimum atomic E-state index is -0.0239. The van der Waals surface area contributed by atoms with Crippen LogP contribution in [0.1, 0.15) is 22.8 Å². The second kappa shape index (κ2) is 8.68. The number of nitrogens with one attached hydrogen (secondary N) is 2. The van der Waals surface area contributed by atoms with Crippen molar-refractivity contribution in [2.24, 2.45) is 0 Å². The highest BCUT2D eigenvalue weighted by Gasteiger charge is 2.20. The Balaban J connectivity index is 1.81. The molecular weight excluding hydrogens is 346 g/mol. The third-order valence-corrected chi connectivity index (χ3v) is 4.48. The minimum Gasteiger partial charge on any atom is -0.495 e. The molecular formula is C19H25N5O3. The third kappa shape index (κ3) is 4.28. The van der Waals surface area contributed by atoms with Crippen LogP contribution in [0, 0.1) is 0 Å². The van der Waals surface area contributed by atoms with Crippen molar-refractivity contribution >= 4 is 23.4 Å². The van der Waals surface area contributed by atoms with Crippen molar-refractivity contribution in [1.29, 1.82) is 0 Å². The highest BCUT2D eigenvalue weighted by molar-refractivity contribution is 5.95. The van der Waals surface area contributed by atoms with Gasteiger partial charge in [0.2, 0.25) is 5.95 Å². The van der Waals surface area contributed by atoms with E-state index in [4.69, 9.17) is 9.47 Å². The lowest BCUT2D eigenvalue weighted by molar-refractivity contribution is 0.0302. The summed E-state index contributed by atoms with van der Waals surface area (Å²) in [6, 6.07) is 5.32. The molecule has 1 aliphatic heterocycles. The van der Waals surface area contributed by atoms with Crippen LogP contribution in [0.2, 0.25) is 0 Å². The number of morpholine rings is 1. The van der Waals surface area contributed by atoms with Gasteiger partial charge in [0.15, 0.2) is 0 Å². The average molecular weight is 371 g/mol. The average Bonchev–Trinajstić information content (AvgIpc) is 2.74. The van der Waals surface area contributed by atoms with Gasteiger partial charge in [-0.05, 0) is 24.6 Å². The maximum atomic E-state index is 12.7. The Bertz CT molecular complexity index is 806. The number of nitrogens with zero attached hydrogens (tertiary/aromatic N) is 3. The van der Waals surface area contributed by atoms with Crippen molar-refractivity contribution in [3.8, 4) is 5.75 Å². The highest BCUT2D eigenvalue weighted by atomic mass is 16.5. The number of benzene rings is 1. The summed E-state index contributed by atoms with van der Waals surface area (Å²) in [5.41, 5.74) is 2.32. The topological polar surface area (TPSA) is 88.6 Å². The molecule has 3 rings (SSSR count). The van der Waals surface area contributed by atoms with E-state index in [0.29, 0.717) is 49.3 Å². The number of hydrogen-bond donors (Lipinski definition) is 2. The minimum absolute atomic E-state index is 0.0239. The Morgan fingerprint density at radius 3 is 2.78 bits per heavy atom. The van der Waals surface area contributed by atoms with Crippen molar-refractivity contribution in [2.75, 3.05) is 51.1 Å². The summed E-state index contributed by atoms with van der Waals surface area (Å²) in [6.07, 6.45) is 2.64. The summed E-state index contributed by atoms with van der Waals surface area (Å²) >= 11 is 0. The first-order valence-electron chi connectivity index (χ1n) is 9.02. The fraction of sp³-hybridized carbons (Fsp3) is 0.421. The van der Waals surface area contributed by atoms with Gasteiger partial charge in [-0.15, -0.1) is 0 Å². The van der Waals surface area contributed by atoms with E-state index in [-0.39, 0.29) is 5.91 Å². The number of carbonyl (C=O) groups is 1. The number of amides is 1. The van der Waals surface area contributed by atoms with Gasteiger partial charge >= 0.3 is 0 Å². The molecule has 0 radical (unpaired) electrons. The zero-order chi connectivity index (χ0) is 19.2. The zero-order valence-corrected chi connectivity index (χ0v) is 15.9. The number of rotatable bonds is 6. The van der Waals surface area contributed by atoms with Crippen molar-refractivity contribution in [1.82, 2.24) is 14.9 Å². The number of hydrogen-bond acceptors (Lipinski definition) is 7. The van der Waals surface area contributed by atoms with Gasteiger partial charge in [-0.1, -0.05) is 6.92 Å². The molecule has 1 fully saturated rings. The van der Waals surface area contributed by atoms with Crippen LogP contribution in [0.3, 0.4) is 0 Å². The van der Waals surface area contributed by atoms with Crippen LogP contribution in [-0.2, 0) is 11.2 Å². The third-order valence-electron chi connectivity index (χ3n) is 4.48. The van der Waals surface area contributed by atoms with E-state index >= 15 is 0 Å². The fourth-order valence-electron chi connectivity index (χ4n) is 2.94. The first-order chi connectivity index (χ1) is 13.2. The molecule has 0 bridgehead atoms. The predicted octanol–water partition coefficient (Wildman–Crippen LogP) is 2.31. The van der Waals surface area contributed by atoms with Gasteiger partial charge in [-0.25, -0.2) is 4.98 Å². The SMILES string of the molecule is CCc1cnc(Nc2ccc(C(=O)N3CCOCC3)cc2OC)nc1NC. The van der Waals surface area contributed by atoms with E-state index < -0.39 is 0 Å². The maximum absolute atomic E-state index is 12.7. The maximum Gasteiger partial charge on any atom is 0.254 e. The second-order valence-corrected chi connectivity index (χ2v) is 6.12. The van der Waals surface area contributed by atoms with Gasteiger partial charge < -0.3 is 25.0 Å². The highest BCUT2D eigenvalue weighted by Crippen LogP contribution is 2.29. The van der Waals surface area contributed by atoms with Gasteiger partial charge in [-0.3, -0.25) is 4.79 Å². The summed E-state index contributed by atoms with van der Waals surface area (Å²) in [6.45, 7) is 4.40. The number of methoxy groups -OCH3 is 1. The molecule has 1 amide bonds. The molecule has 0 spiro atoms. The molecule has 8 nitrogen and oxygen atoms in total. The Hall–Kier alpha value is -2.87. The molecule has 2 aromatic rings. The van der Waals surface area contributed by atoms with Gasteiger partial charge in [0.05, 0.1) is 26.0 Å².